The van der Waals surface area contributed by atoms with Crippen molar-refractivity contribution in [1.29, 1.82) is 0 Å². The van der Waals surface area contributed by atoms with Gasteiger partial charge in [-0.3, -0.25) is 4.79 Å². The summed E-state index contributed by atoms with van der Waals surface area (Å²) in [5.41, 5.74) is 2.00. The zero-order valence-electron chi connectivity index (χ0n) is 12.0. The van der Waals surface area contributed by atoms with Crippen molar-refractivity contribution in [3.8, 4) is 11.5 Å². The first kappa shape index (κ1) is 13.9. The third-order valence-corrected chi connectivity index (χ3v) is 3.23. The molecule has 0 saturated carbocycles. The minimum Gasteiger partial charge on any atom is -0.497 e. The minimum atomic E-state index is -0.219. The number of nitrogens with one attached hydrogen (secondary N) is 2. The molecule has 0 aliphatic rings. The summed E-state index contributed by atoms with van der Waals surface area (Å²) in [6.07, 6.45) is 1.56. The molecule has 0 saturated heterocycles. The zero-order valence-corrected chi connectivity index (χ0v) is 12.0. The minimum absolute atomic E-state index is 0.0791. The summed E-state index contributed by atoms with van der Waals surface area (Å²) in [4.78, 5) is 19.3. The molecule has 0 radical (unpaired) electrons. The summed E-state index contributed by atoms with van der Waals surface area (Å²) in [7, 11) is 1.60. The van der Waals surface area contributed by atoms with Crippen LogP contribution in [0, 0.1) is 0 Å². The average Bonchev–Trinajstić information content (AvgIpc) is 3.04. The summed E-state index contributed by atoms with van der Waals surface area (Å²) < 4.78 is 10.5. The van der Waals surface area contributed by atoms with Crippen LogP contribution in [0.3, 0.4) is 0 Å². The smallest absolute Gasteiger partial charge is 0.256 e. The lowest BCUT2D eigenvalue weighted by Crippen LogP contribution is -2.27. The van der Waals surface area contributed by atoms with Crippen LogP contribution in [0.2, 0.25) is 0 Å². The number of methoxy groups -OCH3 is 1. The van der Waals surface area contributed by atoms with Gasteiger partial charge in [-0.15, -0.1) is 0 Å². The Kier molecular flexibility index (Phi) is 3.91. The van der Waals surface area contributed by atoms with Crippen LogP contribution in [-0.2, 0) is 0 Å². The SMILES string of the molecule is COc1ccc(OCNC(=O)c2cccc3nc[nH]c23)cc1. The number of H-pyrrole nitrogens is 1. The highest BCUT2D eigenvalue weighted by Gasteiger charge is 2.10. The van der Waals surface area contributed by atoms with E-state index >= 15 is 0 Å². The van der Waals surface area contributed by atoms with Crippen LogP contribution in [0.4, 0.5) is 0 Å². The molecule has 1 amide bonds. The third kappa shape index (κ3) is 2.85. The average molecular weight is 297 g/mol. The normalized spacial score (nSPS) is 10.4. The standard InChI is InChI=1S/C16H15N3O3/c1-21-11-5-7-12(8-6-11)22-10-19-16(20)13-3-2-4-14-15(13)18-9-17-14/h2-9H,10H2,1H3,(H,17,18)(H,19,20). The van der Waals surface area contributed by atoms with Crippen LogP contribution in [0.5, 0.6) is 11.5 Å². The molecule has 0 fully saturated rings. The number of aromatic nitrogens is 2. The highest BCUT2D eigenvalue weighted by molar-refractivity contribution is 6.04. The van der Waals surface area contributed by atoms with Gasteiger partial charge in [-0.1, -0.05) is 6.07 Å². The summed E-state index contributed by atoms with van der Waals surface area (Å²) in [6, 6.07) is 12.5. The number of aromatic amines is 1. The van der Waals surface area contributed by atoms with E-state index in [-0.39, 0.29) is 12.6 Å². The van der Waals surface area contributed by atoms with Gasteiger partial charge < -0.3 is 19.8 Å². The number of hydrogen-bond donors (Lipinski definition) is 2. The van der Waals surface area contributed by atoms with Gasteiger partial charge in [0.25, 0.3) is 5.91 Å². The van der Waals surface area contributed by atoms with E-state index in [0.29, 0.717) is 16.8 Å². The van der Waals surface area contributed by atoms with Gasteiger partial charge in [-0.25, -0.2) is 4.98 Å². The lowest BCUT2D eigenvalue weighted by Gasteiger charge is -2.09. The van der Waals surface area contributed by atoms with E-state index in [1.807, 2.05) is 6.07 Å². The first-order valence-electron chi connectivity index (χ1n) is 6.75. The van der Waals surface area contributed by atoms with Gasteiger partial charge in [-0.2, -0.15) is 0 Å². The Morgan fingerprint density at radius 2 is 1.95 bits per heavy atom. The molecule has 3 rings (SSSR count). The molecule has 0 bridgehead atoms. The second-order valence-electron chi connectivity index (χ2n) is 4.57. The molecule has 2 N–H and O–H groups in total. The second kappa shape index (κ2) is 6.17. The van der Waals surface area contributed by atoms with Gasteiger partial charge in [0, 0.05) is 0 Å². The Hall–Kier alpha value is -3.02. The van der Waals surface area contributed by atoms with Crippen LogP contribution >= 0.6 is 0 Å². The molecule has 6 heteroatoms. The zero-order chi connectivity index (χ0) is 15.4. The number of imidazole rings is 1. The predicted molar refractivity (Wildman–Crippen MR) is 82.0 cm³/mol. The summed E-state index contributed by atoms with van der Waals surface area (Å²) >= 11 is 0. The van der Waals surface area contributed by atoms with Crippen LogP contribution < -0.4 is 14.8 Å². The quantitative estimate of drug-likeness (QED) is 0.709. The van der Waals surface area contributed by atoms with Crippen molar-refractivity contribution in [3.63, 3.8) is 0 Å². The molecule has 0 aliphatic carbocycles. The number of fused-ring (bicyclic) bond motifs is 1. The van der Waals surface area contributed by atoms with Gasteiger partial charge in [0.2, 0.25) is 0 Å². The van der Waals surface area contributed by atoms with Crippen LogP contribution in [0.1, 0.15) is 10.4 Å². The maximum Gasteiger partial charge on any atom is 0.256 e. The monoisotopic (exact) mass is 297 g/mol. The van der Waals surface area contributed by atoms with Crippen molar-refractivity contribution in [3.05, 3.63) is 54.4 Å². The number of nitrogens with zero attached hydrogens (tertiary/aromatic N) is 1. The van der Waals surface area contributed by atoms with E-state index in [1.54, 1.807) is 49.8 Å². The van der Waals surface area contributed by atoms with E-state index in [0.717, 1.165) is 11.3 Å². The predicted octanol–water partition coefficient (Wildman–Crippen LogP) is 2.34. The summed E-state index contributed by atoms with van der Waals surface area (Å²) in [6.45, 7) is 0.0791. The topological polar surface area (TPSA) is 76.2 Å². The van der Waals surface area contributed by atoms with E-state index in [4.69, 9.17) is 9.47 Å². The molecule has 6 nitrogen and oxygen atoms in total. The van der Waals surface area contributed by atoms with Crippen LogP contribution in [0.25, 0.3) is 11.0 Å². The molecule has 0 unspecified atom stereocenters. The Balaban J connectivity index is 1.61. The van der Waals surface area contributed by atoms with E-state index in [1.165, 1.54) is 0 Å². The van der Waals surface area contributed by atoms with E-state index in [2.05, 4.69) is 15.3 Å². The first-order valence-corrected chi connectivity index (χ1v) is 6.75. The van der Waals surface area contributed by atoms with Crippen LogP contribution in [-0.4, -0.2) is 29.7 Å². The van der Waals surface area contributed by atoms with Crippen molar-refractivity contribution in [2.75, 3.05) is 13.8 Å². The van der Waals surface area contributed by atoms with Gasteiger partial charge in [-0.05, 0) is 36.4 Å². The second-order valence-corrected chi connectivity index (χ2v) is 4.57. The van der Waals surface area contributed by atoms with Gasteiger partial charge in [0.1, 0.15) is 11.5 Å². The number of para-hydroxylation sites is 1. The molecule has 3 aromatic rings. The van der Waals surface area contributed by atoms with Crippen molar-refractivity contribution in [2.24, 2.45) is 0 Å². The number of ether oxygens (including phenoxy) is 2. The molecule has 22 heavy (non-hydrogen) atoms. The maximum atomic E-state index is 12.2. The van der Waals surface area contributed by atoms with Crippen molar-refractivity contribution in [1.82, 2.24) is 15.3 Å². The number of benzene rings is 2. The molecule has 1 aromatic heterocycles. The molecule has 1 heterocycles. The molecule has 2 aromatic carbocycles. The molecule has 0 atom stereocenters. The van der Waals surface area contributed by atoms with Crippen molar-refractivity contribution < 1.29 is 14.3 Å². The largest absolute Gasteiger partial charge is 0.497 e. The van der Waals surface area contributed by atoms with E-state index < -0.39 is 0 Å². The molecule has 0 aliphatic heterocycles. The number of carbonyl (C=O) groups excluding carboxylic acids is 1. The Labute approximate surface area is 127 Å². The van der Waals surface area contributed by atoms with Crippen LogP contribution in [0.15, 0.2) is 48.8 Å². The molecular formula is C16H15N3O3. The number of amides is 1. The van der Waals surface area contributed by atoms with Gasteiger partial charge >= 0.3 is 0 Å². The summed E-state index contributed by atoms with van der Waals surface area (Å²) in [5, 5.41) is 2.72. The molecule has 0 spiro atoms. The maximum absolute atomic E-state index is 12.2. The number of hydrogen-bond acceptors (Lipinski definition) is 4. The number of rotatable bonds is 5. The number of carbonyl (C=O) groups is 1. The van der Waals surface area contributed by atoms with Gasteiger partial charge in [0.15, 0.2) is 6.73 Å². The molecule has 112 valence electrons. The fourth-order valence-corrected chi connectivity index (χ4v) is 2.11. The fraction of sp³-hybridized carbons (Fsp3) is 0.125. The van der Waals surface area contributed by atoms with Crippen molar-refractivity contribution >= 4 is 16.9 Å². The highest BCUT2D eigenvalue weighted by atomic mass is 16.5. The Bertz CT molecular complexity index is 781. The Morgan fingerprint density at radius 3 is 2.73 bits per heavy atom. The molecular weight excluding hydrogens is 282 g/mol. The lowest BCUT2D eigenvalue weighted by molar-refractivity contribution is 0.0920. The van der Waals surface area contributed by atoms with Gasteiger partial charge in [0.05, 0.1) is 30.0 Å². The lowest BCUT2D eigenvalue weighted by atomic mass is 10.2. The van der Waals surface area contributed by atoms with Crippen molar-refractivity contribution in [2.45, 2.75) is 0 Å². The fourth-order valence-electron chi connectivity index (χ4n) is 2.11. The summed E-state index contributed by atoms with van der Waals surface area (Å²) in [5.74, 6) is 1.19. The highest BCUT2D eigenvalue weighted by Crippen LogP contribution is 2.17. The van der Waals surface area contributed by atoms with E-state index in [9.17, 15) is 4.79 Å². The Morgan fingerprint density at radius 1 is 1.18 bits per heavy atom. The third-order valence-electron chi connectivity index (χ3n) is 3.23. The first-order chi connectivity index (χ1) is 10.8.